The maximum absolute atomic E-state index is 11.0. The number of carboxylic acid groups (broad SMARTS) is 1. The number of halogens is 1. The average molecular weight is 338 g/mol. The van der Waals surface area contributed by atoms with Gasteiger partial charge in [-0.3, -0.25) is 9.69 Å². The van der Waals surface area contributed by atoms with Crippen LogP contribution in [0.5, 0.6) is 0 Å². The third kappa shape index (κ3) is 3.11. The van der Waals surface area contributed by atoms with Gasteiger partial charge < -0.3 is 10.0 Å². The number of rotatable bonds is 3. The fourth-order valence-corrected chi connectivity index (χ4v) is 2.74. The van der Waals surface area contributed by atoms with E-state index in [4.69, 9.17) is 5.11 Å². The molecule has 0 aliphatic carbocycles. The van der Waals surface area contributed by atoms with Gasteiger partial charge in [0.25, 0.3) is 0 Å². The Morgan fingerprint density at radius 2 is 2.05 bits per heavy atom. The van der Waals surface area contributed by atoms with Crippen molar-refractivity contribution in [1.29, 1.82) is 5.26 Å². The molecule has 1 unspecified atom stereocenters. The quantitative estimate of drug-likeness (QED) is 0.912. The van der Waals surface area contributed by atoms with Gasteiger partial charge in [-0.25, -0.2) is 0 Å². The van der Waals surface area contributed by atoms with Gasteiger partial charge in [-0.2, -0.15) is 5.26 Å². The maximum Gasteiger partial charge on any atom is 0.320 e. The first-order valence-corrected chi connectivity index (χ1v) is 7.23. The summed E-state index contributed by atoms with van der Waals surface area (Å²) in [7, 11) is 0. The molecule has 1 aromatic carbocycles. The summed E-state index contributed by atoms with van der Waals surface area (Å²) in [6.45, 7) is 4.54. The summed E-state index contributed by atoms with van der Waals surface area (Å²) >= 11 is 3.36. The van der Waals surface area contributed by atoms with E-state index in [0.29, 0.717) is 18.7 Å². The van der Waals surface area contributed by atoms with Crippen LogP contribution in [0, 0.1) is 11.3 Å². The highest BCUT2D eigenvalue weighted by Crippen LogP contribution is 2.25. The number of carbonyl (C=O) groups is 1. The first-order chi connectivity index (χ1) is 9.52. The molecule has 0 amide bonds. The molecule has 2 rings (SSSR count). The monoisotopic (exact) mass is 337 g/mol. The number of hydrogen-bond donors (Lipinski definition) is 1. The number of anilines is 1. The lowest BCUT2D eigenvalue weighted by atomic mass is 10.1. The molecule has 0 aromatic heterocycles. The second kappa shape index (κ2) is 6.25. The van der Waals surface area contributed by atoms with E-state index in [2.05, 4.69) is 26.9 Å². The Bertz CT molecular complexity index is 548. The van der Waals surface area contributed by atoms with Crippen LogP contribution in [0.3, 0.4) is 0 Å². The van der Waals surface area contributed by atoms with Gasteiger partial charge in [-0.15, -0.1) is 0 Å². The molecule has 0 saturated carbocycles. The summed E-state index contributed by atoms with van der Waals surface area (Å²) in [6.07, 6.45) is 0. The molecule has 5 nitrogen and oxygen atoms in total. The van der Waals surface area contributed by atoms with Crippen LogP contribution in [-0.4, -0.2) is 48.2 Å². The molecule has 0 bridgehead atoms. The first kappa shape index (κ1) is 14.8. The van der Waals surface area contributed by atoms with Gasteiger partial charge in [-0.05, 0) is 25.1 Å². The van der Waals surface area contributed by atoms with Gasteiger partial charge in [0.15, 0.2) is 0 Å². The van der Waals surface area contributed by atoms with Gasteiger partial charge in [0.2, 0.25) is 0 Å². The molecular formula is C14H16BrN3O2. The molecule has 1 aromatic rings. The van der Waals surface area contributed by atoms with E-state index in [9.17, 15) is 10.1 Å². The number of hydrogen-bond acceptors (Lipinski definition) is 4. The lowest BCUT2D eigenvalue weighted by molar-refractivity contribution is -0.142. The van der Waals surface area contributed by atoms with Crippen LogP contribution in [0.25, 0.3) is 0 Å². The Kier molecular flexibility index (Phi) is 4.63. The minimum Gasteiger partial charge on any atom is -0.480 e. The summed E-state index contributed by atoms with van der Waals surface area (Å²) in [5.41, 5.74) is 1.55. The zero-order valence-electron chi connectivity index (χ0n) is 11.2. The smallest absolute Gasteiger partial charge is 0.320 e. The topological polar surface area (TPSA) is 67.6 Å². The van der Waals surface area contributed by atoms with Crippen molar-refractivity contribution < 1.29 is 9.90 Å². The van der Waals surface area contributed by atoms with E-state index in [-0.39, 0.29) is 0 Å². The molecule has 6 heteroatoms. The molecule has 20 heavy (non-hydrogen) atoms. The predicted molar refractivity (Wildman–Crippen MR) is 79.7 cm³/mol. The fraction of sp³-hybridized carbons (Fsp3) is 0.429. The van der Waals surface area contributed by atoms with Crippen LogP contribution < -0.4 is 4.90 Å². The summed E-state index contributed by atoms with van der Waals surface area (Å²) < 4.78 is 0.885. The largest absolute Gasteiger partial charge is 0.480 e. The number of aliphatic carboxylic acids is 1. The second-order valence-electron chi connectivity index (χ2n) is 4.81. The highest BCUT2D eigenvalue weighted by Gasteiger charge is 2.25. The molecule has 106 valence electrons. The molecule has 1 aliphatic rings. The van der Waals surface area contributed by atoms with E-state index in [1.165, 1.54) is 0 Å². The predicted octanol–water partition coefficient (Wildman–Crippen LogP) is 1.92. The van der Waals surface area contributed by atoms with Gasteiger partial charge in [0.1, 0.15) is 12.1 Å². The SMILES string of the molecule is CC(C(=O)O)N1CCN(c2ccc(Br)cc2C#N)CC1. The van der Waals surface area contributed by atoms with E-state index in [1.807, 2.05) is 23.1 Å². The highest BCUT2D eigenvalue weighted by atomic mass is 79.9. The number of piperazine rings is 1. The average Bonchev–Trinajstić information content (AvgIpc) is 2.46. The van der Waals surface area contributed by atoms with Crippen LogP contribution in [0.4, 0.5) is 5.69 Å². The number of benzene rings is 1. The Morgan fingerprint density at radius 1 is 1.40 bits per heavy atom. The van der Waals surface area contributed by atoms with Crippen molar-refractivity contribution >= 4 is 27.6 Å². The van der Waals surface area contributed by atoms with Crippen LogP contribution >= 0.6 is 15.9 Å². The standard InChI is InChI=1S/C14H16BrN3O2/c1-10(14(19)20)17-4-6-18(7-5-17)13-3-2-12(15)8-11(13)9-16/h2-3,8,10H,4-7H2,1H3,(H,19,20). The molecular weight excluding hydrogens is 322 g/mol. The lowest BCUT2D eigenvalue weighted by Crippen LogP contribution is -2.51. The van der Waals surface area contributed by atoms with E-state index in [1.54, 1.807) is 6.92 Å². The van der Waals surface area contributed by atoms with Gasteiger partial charge in [-0.1, -0.05) is 15.9 Å². The van der Waals surface area contributed by atoms with Crippen molar-refractivity contribution in [3.63, 3.8) is 0 Å². The maximum atomic E-state index is 11.0. The minimum absolute atomic E-state index is 0.461. The Balaban J connectivity index is 2.08. The highest BCUT2D eigenvalue weighted by molar-refractivity contribution is 9.10. The molecule has 1 atom stereocenters. The van der Waals surface area contributed by atoms with Gasteiger partial charge in [0.05, 0.1) is 11.3 Å². The molecule has 0 radical (unpaired) electrons. The van der Waals surface area contributed by atoms with E-state index in [0.717, 1.165) is 23.2 Å². The number of nitriles is 1. The number of nitrogens with zero attached hydrogens (tertiary/aromatic N) is 3. The Morgan fingerprint density at radius 3 is 2.60 bits per heavy atom. The van der Waals surface area contributed by atoms with E-state index < -0.39 is 12.0 Å². The molecule has 1 aliphatic heterocycles. The third-order valence-electron chi connectivity index (χ3n) is 3.64. The van der Waals surface area contributed by atoms with Crippen LogP contribution in [0.15, 0.2) is 22.7 Å². The molecule has 1 saturated heterocycles. The minimum atomic E-state index is -0.792. The lowest BCUT2D eigenvalue weighted by Gasteiger charge is -2.38. The molecule has 1 N–H and O–H groups in total. The van der Waals surface area contributed by atoms with Crippen LogP contribution in [-0.2, 0) is 4.79 Å². The third-order valence-corrected chi connectivity index (χ3v) is 4.13. The zero-order chi connectivity index (χ0) is 14.7. The van der Waals surface area contributed by atoms with Crippen molar-refractivity contribution in [3.8, 4) is 6.07 Å². The Hall–Kier alpha value is -1.58. The van der Waals surface area contributed by atoms with Crippen molar-refractivity contribution in [2.45, 2.75) is 13.0 Å². The van der Waals surface area contributed by atoms with Crippen molar-refractivity contribution in [1.82, 2.24) is 4.90 Å². The fourth-order valence-electron chi connectivity index (χ4n) is 2.38. The summed E-state index contributed by atoms with van der Waals surface area (Å²) in [5.74, 6) is -0.792. The van der Waals surface area contributed by atoms with Crippen molar-refractivity contribution in [2.75, 3.05) is 31.1 Å². The summed E-state index contributed by atoms with van der Waals surface area (Å²) in [6, 6.07) is 7.40. The normalized spacial score (nSPS) is 17.6. The molecule has 1 heterocycles. The second-order valence-corrected chi connectivity index (χ2v) is 5.73. The first-order valence-electron chi connectivity index (χ1n) is 6.44. The number of carboxylic acids is 1. The van der Waals surface area contributed by atoms with Gasteiger partial charge >= 0.3 is 5.97 Å². The molecule has 0 spiro atoms. The summed E-state index contributed by atoms with van der Waals surface area (Å²) in [5, 5.41) is 18.2. The summed E-state index contributed by atoms with van der Waals surface area (Å²) in [4.78, 5) is 15.1. The Labute approximate surface area is 126 Å². The zero-order valence-corrected chi connectivity index (χ0v) is 12.8. The van der Waals surface area contributed by atoms with Crippen LogP contribution in [0.2, 0.25) is 0 Å². The molecule has 1 fully saturated rings. The van der Waals surface area contributed by atoms with Gasteiger partial charge in [0, 0.05) is 30.7 Å². The van der Waals surface area contributed by atoms with Crippen molar-refractivity contribution in [2.24, 2.45) is 0 Å². The van der Waals surface area contributed by atoms with Crippen molar-refractivity contribution in [3.05, 3.63) is 28.2 Å². The van der Waals surface area contributed by atoms with E-state index >= 15 is 0 Å². The van der Waals surface area contributed by atoms with Crippen LogP contribution in [0.1, 0.15) is 12.5 Å².